The molecule has 50 heavy (non-hydrogen) atoms. The molecule has 2 aromatic heterocycles. The maximum absolute atomic E-state index is 2.48. The van der Waals surface area contributed by atoms with Gasteiger partial charge >= 0.3 is 0 Å². The van der Waals surface area contributed by atoms with Crippen molar-refractivity contribution in [2.45, 2.75) is 0 Å². The highest BCUT2D eigenvalue weighted by Gasteiger charge is 2.22. The van der Waals surface area contributed by atoms with Gasteiger partial charge in [-0.3, -0.25) is 0 Å². The minimum absolute atomic E-state index is 1.14. The molecule has 0 fully saturated rings. The number of hydrogen-bond acceptors (Lipinski definition) is 0. The molecule has 0 unspecified atom stereocenters. The Balaban J connectivity index is 1.32. The topological polar surface area (TPSA) is 9.86 Å². The van der Waals surface area contributed by atoms with Gasteiger partial charge in [-0.1, -0.05) is 152 Å². The SMILES string of the molecule is c1ccc(-c2ccc(-n3c4ccc(-c5ccccc5)cc4c4ccc5c6ccccc6n(-c6cccc(-c7ccccc7)c6)c5c43)cc2)cc1. The molecule has 0 bridgehead atoms. The van der Waals surface area contributed by atoms with Crippen molar-refractivity contribution in [2.75, 3.05) is 0 Å². The summed E-state index contributed by atoms with van der Waals surface area (Å²) in [5, 5.41) is 4.97. The van der Waals surface area contributed by atoms with Gasteiger partial charge in [0, 0.05) is 32.9 Å². The van der Waals surface area contributed by atoms with Gasteiger partial charge in [0.2, 0.25) is 0 Å². The van der Waals surface area contributed by atoms with Crippen molar-refractivity contribution in [3.63, 3.8) is 0 Å². The highest BCUT2D eigenvalue weighted by Crippen LogP contribution is 2.43. The quantitative estimate of drug-likeness (QED) is 0.178. The first-order chi connectivity index (χ1) is 24.8. The number of hydrogen-bond donors (Lipinski definition) is 0. The lowest BCUT2D eigenvalue weighted by Gasteiger charge is -2.14. The van der Waals surface area contributed by atoms with Crippen LogP contribution in [0.15, 0.2) is 194 Å². The van der Waals surface area contributed by atoms with Gasteiger partial charge in [0.25, 0.3) is 0 Å². The summed E-state index contributed by atoms with van der Waals surface area (Å²) in [5.74, 6) is 0. The van der Waals surface area contributed by atoms with E-state index in [0.717, 1.165) is 11.4 Å². The van der Waals surface area contributed by atoms with Gasteiger partial charge in [-0.05, 0) is 75.8 Å². The lowest BCUT2D eigenvalue weighted by atomic mass is 10.0. The first kappa shape index (κ1) is 28.4. The summed E-state index contributed by atoms with van der Waals surface area (Å²) in [6, 6.07) is 70.4. The average Bonchev–Trinajstić information content (AvgIpc) is 3.72. The molecule has 10 rings (SSSR count). The fraction of sp³-hybridized carbons (Fsp3) is 0. The third-order valence-corrected chi connectivity index (χ3v) is 10.1. The van der Waals surface area contributed by atoms with E-state index in [9.17, 15) is 0 Å². The van der Waals surface area contributed by atoms with Crippen molar-refractivity contribution < 1.29 is 0 Å². The van der Waals surface area contributed by atoms with E-state index in [1.165, 1.54) is 77.0 Å². The standard InChI is InChI=1S/C48H32N2/c1-4-13-33(14-5-1)36-23-26-39(27-24-36)49-46-30-25-38(35-17-8-3-9-18-35)32-44(46)43-29-28-42-41-21-10-11-22-45(41)50(47(42)48(43)49)40-20-12-19-37(31-40)34-15-6-2-7-16-34/h1-32H. The van der Waals surface area contributed by atoms with Gasteiger partial charge in [0.1, 0.15) is 0 Å². The highest BCUT2D eigenvalue weighted by atomic mass is 15.0. The van der Waals surface area contributed by atoms with Gasteiger partial charge in [-0.2, -0.15) is 0 Å². The van der Waals surface area contributed by atoms with Gasteiger partial charge in [0.05, 0.1) is 22.1 Å². The van der Waals surface area contributed by atoms with Crippen LogP contribution in [-0.4, -0.2) is 9.13 Å². The summed E-state index contributed by atoms with van der Waals surface area (Å²) in [4.78, 5) is 0. The van der Waals surface area contributed by atoms with Crippen molar-refractivity contribution in [2.24, 2.45) is 0 Å². The zero-order valence-corrected chi connectivity index (χ0v) is 27.4. The van der Waals surface area contributed by atoms with Crippen molar-refractivity contribution in [1.29, 1.82) is 0 Å². The second-order valence-corrected chi connectivity index (χ2v) is 13.0. The zero-order valence-electron chi connectivity index (χ0n) is 27.4. The molecule has 0 aliphatic heterocycles. The fourth-order valence-corrected chi connectivity index (χ4v) is 7.79. The largest absolute Gasteiger partial charge is 0.307 e. The number of fused-ring (bicyclic) bond motifs is 7. The van der Waals surface area contributed by atoms with Crippen LogP contribution in [0.4, 0.5) is 0 Å². The summed E-state index contributed by atoms with van der Waals surface area (Å²) >= 11 is 0. The van der Waals surface area contributed by atoms with E-state index in [-0.39, 0.29) is 0 Å². The van der Waals surface area contributed by atoms with Crippen LogP contribution in [0.1, 0.15) is 0 Å². The first-order valence-corrected chi connectivity index (χ1v) is 17.2. The summed E-state index contributed by atoms with van der Waals surface area (Å²) in [7, 11) is 0. The van der Waals surface area contributed by atoms with Crippen LogP contribution in [0, 0.1) is 0 Å². The van der Waals surface area contributed by atoms with Gasteiger partial charge < -0.3 is 9.13 Å². The van der Waals surface area contributed by atoms with E-state index in [1.807, 2.05) is 0 Å². The Hall–Kier alpha value is -6.64. The molecule has 234 valence electrons. The molecule has 0 radical (unpaired) electrons. The minimum atomic E-state index is 1.14. The minimum Gasteiger partial charge on any atom is -0.307 e. The van der Waals surface area contributed by atoms with Crippen LogP contribution in [-0.2, 0) is 0 Å². The lowest BCUT2D eigenvalue weighted by molar-refractivity contribution is 1.15. The molecule has 0 aliphatic rings. The Morgan fingerprint density at radius 1 is 0.240 bits per heavy atom. The summed E-state index contributed by atoms with van der Waals surface area (Å²) in [6.07, 6.45) is 0. The Morgan fingerprint density at radius 3 is 1.36 bits per heavy atom. The summed E-state index contributed by atoms with van der Waals surface area (Å²) in [6.45, 7) is 0. The number of para-hydroxylation sites is 1. The maximum Gasteiger partial charge on any atom is 0.0788 e. The van der Waals surface area contributed by atoms with Crippen molar-refractivity contribution in [1.82, 2.24) is 9.13 Å². The molecule has 0 spiro atoms. The summed E-state index contributed by atoms with van der Waals surface area (Å²) in [5.41, 5.74) is 14.3. The predicted octanol–water partition coefficient (Wildman–Crippen LogP) is 12.9. The van der Waals surface area contributed by atoms with Crippen molar-refractivity contribution in [3.05, 3.63) is 194 Å². The molecule has 0 saturated carbocycles. The Morgan fingerprint density at radius 2 is 0.700 bits per heavy atom. The molecule has 0 aliphatic carbocycles. The first-order valence-electron chi connectivity index (χ1n) is 17.2. The van der Waals surface area contributed by atoms with Crippen LogP contribution in [0.2, 0.25) is 0 Å². The van der Waals surface area contributed by atoms with Crippen LogP contribution in [0.5, 0.6) is 0 Å². The van der Waals surface area contributed by atoms with Gasteiger partial charge in [-0.15, -0.1) is 0 Å². The van der Waals surface area contributed by atoms with E-state index in [2.05, 4.69) is 203 Å². The number of rotatable bonds is 5. The normalized spacial score (nSPS) is 11.6. The maximum atomic E-state index is 2.48. The molecule has 0 N–H and O–H groups in total. The van der Waals surface area contributed by atoms with E-state index >= 15 is 0 Å². The Bertz CT molecular complexity index is 2820. The molecule has 2 nitrogen and oxygen atoms in total. The molecule has 0 amide bonds. The fourth-order valence-electron chi connectivity index (χ4n) is 7.79. The number of nitrogens with zero attached hydrogens (tertiary/aromatic N) is 2. The van der Waals surface area contributed by atoms with Gasteiger partial charge in [0.15, 0.2) is 0 Å². The molecule has 2 heterocycles. The van der Waals surface area contributed by atoms with Crippen LogP contribution >= 0.6 is 0 Å². The molecule has 8 aromatic carbocycles. The zero-order chi connectivity index (χ0) is 33.0. The second kappa shape index (κ2) is 11.5. The highest BCUT2D eigenvalue weighted by molar-refractivity contribution is 6.24. The Kier molecular flexibility index (Phi) is 6.53. The number of aromatic nitrogens is 2. The van der Waals surface area contributed by atoms with Crippen molar-refractivity contribution in [3.8, 4) is 44.8 Å². The van der Waals surface area contributed by atoms with E-state index in [4.69, 9.17) is 0 Å². The molecule has 0 saturated heterocycles. The third-order valence-electron chi connectivity index (χ3n) is 10.1. The van der Waals surface area contributed by atoms with Crippen molar-refractivity contribution >= 4 is 43.6 Å². The van der Waals surface area contributed by atoms with Gasteiger partial charge in [-0.25, -0.2) is 0 Å². The number of benzene rings is 8. The lowest BCUT2D eigenvalue weighted by Crippen LogP contribution is -1.99. The smallest absolute Gasteiger partial charge is 0.0788 e. The van der Waals surface area contributed by atoms with Crippen LogP contribution < -0.4 is 0 Å². The second-order valence-electron chi connectivity index (χ2n) is 13.0. The van der Waals surface area contributed by atoms with Crippen LogP contribution in [0.3, 0.4) is 0 Å². The van der Waals surface area contributed by atoms with Crippen LogP contribution in [0.25, 0.3) is 88.4 Å². The summed E-state index contributed by atoms with van der Waals surface area (Å²) < 4.78 is 4.96. The molecular formula is C48H32N2. The monoisotopic (exact) mass is 636 g/mol. The third kappa shape index (κ3) is 4.50. The molecular weight excluding hydrogens is 605 g/mol. The average molecular weight is 637 g/mol. The van der Waals surface area contributed by atoms with E-state index < -0.39 is 0 Å². The Labute approximate surface area is 290 Å². The molecule has 10 aromatic rings. The molecule has 0 atom stereocenters. The van der Waals surface area contributed by atoms with E-state index in [1.54, 1.807) is 0 Å². The van der Waals surface area contributed by atoms with E-state index in [0.29, 0.717) is 0 Å². The predicted molar refractivity (Wildman–Crippen MR) is 211 cm³/mol. The molecule has 2 heteroatoms.